The molecular formula is C10H21N3O. The maximum Gasteiger partial charge on any atom is 0.222 e. The minimum absolute atomic E-state index is 0.232. The number of carbonyl (C=O) groups excluding carboxylic acids is 1. The zero-order valence-corrected chi connectivity index (χ0v) is 9.20. The van der Waals surface area contributed by atoms with E-state index in [1.807, 2.05) is 11.9 Å². The molecule has 1 heterocycles. The van der Waals surface area contributed by atoms with E-state index in [2.05, 4.69) is 11.9 Å². The highest BCUT2D eigenvalue weighted by Gasteiger charge is 2.25. The number of hydrogen-bond donors (Lipinski definition) is 1. The SMILES string of the molecule is CN1CCC(N(C)C(=O)CCCN)C1. The van der Waals surface area contributed by atoms with Crippen LogP contribution in [0.2, 0.25) is 0 Å². The Morgan fingerprint density at radius 3 is 2.86 bits per heavy atom. The first-order valence-corrected chi connectivity index (χ1v) is 5.29. The van der Waals surface area contributed by atoms with E-state index in [1.54, 1.807) is 0 Å². The van der Waals surface area contributed by atoms with E-state index >= 15 is 0 Å². The van der Waals surface area contributed by atoms with Crippen LogP contribution in [0.25, 0.3) is 0 Å². The monoisotopic (exact) mass is 199 g/mol. The first-order valence-electron chi connectivity index (χ1n) is 5.29. The molecule has 0 bridgehead atoms. The lowest BCUT2D eigenvalue weighted by Gasteiger charge is -2.24. The van der Waals surface area contributed by atoms with Gasteiger partial charge in [-0.05, 0) is 33.0 Å². The predicted molar refractivity (Wildman–Crippen MR) is 57.0 cm³/mol. The molecule has 1 atom stereocenters. The van der Waals surface area contributed by atoms with E-state index in [9.17, 15) is 4.79 Å². The van der Waals surface area contributed by atoms with Crippen molar-refractivity contribution in [1.29, 1.82) is 0 Å². The van der Waals surface area contributed by atoms with Crippen molar-refractivity contribution in [3.8, 4) is 0 Å². The molecule has 0 aromatic rings. The largest absolute Gasteiger partial charge is 0.341 e. The van der Waals surface area contributed by atoms with Gasteiger partial charge in [-0.2, -0.15) is 0 Å². The van der Waals surface area contributed by atoms with Crippen LogP contribution in [0, 0.1) is 0 Å². The molecule has 0 saturated carbocycles. The highest BCUT2D eigenvalue weighted by Crippen LogP contribution is 2.13. The summed E-state index contributed by atoms with van der Waals surface area (Å²) in [7, 11) is 4.00. The van der Waals surface area contributed by atoms with Gasteiger partial charge in [0.25, 0.3) is 0 Å². The smallest absolute Gasteiger partial charge is 0.222 e. The van der Waals surface area contributed by atoms with Crippen LogP contribution in [-0.2, 0) is 4.79 Å². The topological polar surface area (TPSA) is 49.6 Å². The molecule has 0 radical (unpaired) electrons. The first-order chi connectivity index (χ1) is 6.65. The number of hydrogen-bond acceptors (Lipinski definition) is 3. The Labute approximate surface area is 86.0 Å². The van der Waals surface area contributed by atoms with Crippen molar-refractivity contribution >= 4 is 5.91 Å². The zero-order valence-electron chi connectivity index (χ0n) is 9.20. The van der Waals surface area contributed by atoms with Crippen LogP contribution < -0.4 is 5.73 Å². The third-order valence-electron chi connectivity index (χ3n) is 2.90. The molecule has 4 heteroatoms. The number of rotatable bonds is 4. The molecule has 0 aromatic heterocycles. The molecule has 14 heavy (non-hydrogen) atoms. The molecule has 4 nitrogen and oxygen atoms in total. The van der Waals surface area contributed by atoms with Gasteiger partial charge < -0.3 is 15.5 Å². The van der Waals surface area contributed by atoms with Gasteiger partial charge in [-0.1, -0.05) is 0 Å². The molecule has 1 fully saturated rings. The van der Waals surface area contributed by atoms with Gasteiger partial charge in [-0.3, -0.25) is 4.79 Å². The highest BCUT2D eigenvalue weighted by molar-refractivity contribution is 5.76. The van der Waals surface area contributed by atoms with E-state index in [4.69, 9.17) is 5.73 Å². The molecule has 1 aliphatic rings. The van der Waals surface area contributed by atoms with Crippen molar-refractivity contribution in [2.24, 2.45) is 5.73 Å². The Balaban J connectivity index is 2.32. The van der Waals surface area contributed by atoms with Crippen LogP contribution in [0.5, 0.6) is 0 Å². The minimum Gasteiger partial charge on any atom is -0.341 e. The molecule has 0 aliphatic carbocycles. The summed E-state index contributed by atoms with van der Waals surface area (Å²) in [5.41, 5.74) is 5.37. The molecule has 1 rings (SSSR count). The van der Waals surface area contributed by atoms with Crippen molar-refractivity contribution < 1.29 is 4.79 Å². The van der Waals surface area contributed by atoms with Crippen LogP contribution in [0.1, 0.15) is 19.3 Å². The number of nitrogens with zero attached hydrogens (tertiary/aromatic N) is 2. The third-order valence-corrected chi connectivity index (χ3v) is 2.90. The van der Waals surface area contributed by atoms with Crippen molar-refractivity contribution in [2.75, 3.05) is 33.7 Å². The van der Waals surface area contributed by atoms with Gasteiger partial charge in [0.05, 0.1) is 0 Å². The van der Waals surface area contributed by atoms with Crippen LogP contribution in [0.15, 0.2) is 0 Å². The summed E-state index contributed by atoms with van der Waals surface area (Å²) in [6.45, 7) is 2.70. The lowest BCUT2D eigenvalue weighted by atomic mass is 10.2. The summed E-state index contributed by atoms with van der Waals surface area (Å²) in [6.07, 6.45) is 2.49. The Hall–Kier alpha value is -0.610. The molecule has 0 aromatic carbocycles. The Bertz CT molecular complexity index is 196. The number of amides is 1. The van der Waals surface area contributed by atoms with Gasteiger partial charge in [0.1, 0.15) is 0 Å². The Morgan fingerprint density at radius 2 is 2.36 bits per heavy atom. The summed E-state index contributed by atoms with van der Waals surface area (Å²) in [4.78, 5) is 15.8. The van der Waals surface area contributed by atoms with E-state index in [0.29, 0.717) is 19.0 Å². The predicted octanol–water partition coefficient (Wildman–Crippen LogP) is -0.112. The Kier molecular flexibility index (Phi) is 4.35. The molecule has 1 saturated heterocycles. The minimum atomic E-state index is 0.232. The van der Waals surface area contributed by atoms with Crippen LogP contribution >= 0.6 is 0 Å². The molecule has 1 unspecified atom stereocenters. The van der Waals surface area contributed by atoms with E-state index in [0.717, 1.165) is 25.9 Å². The fraction of sp³-hybridized carbons (Fsp3) is 0.900. The van der Waals surface area contributed by atoms with Gasteiger partial charge in [-0.25, -0.2) is 0 Å². The van der Waals surface area contributed by atoms with Gasteiger partial charge >= 0.3 is 0 Å². The van der Waals surface area contributed by atoms with Gasteiger partial charge in [0, 0.05) is 26.1 Å². The van der Waals surface area contributed by atoms with Crippen LogP contribution in [0.3, 0.4) is 0 Å². The second kappa shape index (κ2) is 5.32. The number of likely N-dealkylation sites (tertiary alicyclic amines) is 1. The summed E-state index contributed by atoms with van der Waals surface area (Å²) in [5, 5.41) is 0. The fourth-order valence-electron chi connectivity index (χ4n) is 1.86. The summed E-state index contributed by atoms with van der Waals surface area (Å²) in [6, 6.07) is 0.408. The van der Waals surface area contributed by atoms with E-state index < -0.39 is 0 Å². The first kappa shape index (κ1) is 11.5. The van der Waals surface area contributed by atoms with Crippen molar-refractivity contribution in [3.05, 3.63) is 0 Å². The average molecular weight is 199 g/mol. The van der Waals surface area contributed by atoms with Gasteiger partial charge in [-0.15, -0.1) is 0 Å². The van der Waals surface area contributed by atoms with Gasteiger partial charge in [0.15, 0.2) is 0 Å². The lowest BCUT2D eigenvalue weighted by Crippen LogP contribution is -2.38. The lowest BCUT2D eigenvalue weighted by molar-refractivity contribution is -0.131. The second-order valence-corrected chi connectivity index (χ2v) is 4.10. The molecule has 82 valence electrons. The van der Waals surface area contributed by atoms with Crippen molar-refractivity contribution in [1.82, 2.24) is 9.80 Å². The van der Waals surface area contributed by atoms with Crippen molar-refractivity contribution in [2.45, 2.75) is 25.3 Å². The number of nitrogens with two attached hydrogens (primary N) is 1. The number of likely N-dealkylation sites (N-methyl/N-ethyl adjacent to an activating group) is 2. The summed E-state index contributed by atoms with van der Waals surface area (Å²) < 4.78 is 0. The van der Waals surface area contributed by atoms with E-state index in [-0.39, 0.29) is 5.91 Å². The number of carbonyl (C=O) groups is 1. The normalized spacial score (nSPS) is 22.6. The van der Waals surface area contributed by atoms with Crippen LogP contribution in [0.4, 0.5) is 0 Å². The quantitative estimate of drug-likeness (QED) is 0.687. The standard InChI is InChI=1S/C10H21N3O/c1-12-7-5-9(8-12)13(2)10(14)4-3-6-11/h9H,3-8,11H2,1-2H3. The summed E-state index contributed by atoms with van der Waals surface area (Å²) >= 11 is 0. The maximum atomic E-state index is 11.6. The highest BCUT2D eigenvalue weighted by atomic mass is 16.2. The molecule has 2 N–H and O–H groups in total. The fourth-order valence-corrected chi connectivity index (χ4v) is 1.86. The molecule has 1 aliphatic heterocycles. The Morgan fingerprint density at radius 1 is 1.64 bits per heavy atom. The van der Waals surface area contributed by atoms with E-state index in [1.165, 1.54) is 0 Å². The van der Waals surface area contributed by atoms with Gasteiger partial charge in [0.2, 0.25) is 5.91 Å². The second-order valence-electron chi connectivity index (χ2n) is 4.10. The average Bonchev–Trinajstić information content (AvgIpc) is 2.60. The zero-order chi connectivity index (χ0) is 10.6. The van der Waals surface area contributed by atoms with Crippen LogP contribution in [-0.4, -0.2) is 55.5 Å². The van der Waals surface area contributed by atoms with Crippen molar-refractivity contribution in [3.63, 3.8) is 0 Å². The molecule has 1 amide bonds. The maximum absolute atomic E-state index is 11.6. The summed E-state index contributed by atoms with van der Waals surface area (Å²) in [5.74, 6) is 0.232. The molecule has 0 spiro atoms. The third kappa shape index (κ3) is 2.96. The molecular weight excluding hydrogens is 178 g/mol.